The molecule has 0 aliphatic carbocycles. The van der Waals surface area contributed by atoms with Crippen molar-refractivity contribution in [2.45, 2.75) is 0 Å². The van der Waals surface area contributed by atoms with Gasteiger partial charge in [0.15, 0.2) is 0 Å². The van der Waals surface area contributed by atoms with Gasteiger partial charge in [0, 0.05) is 6.07 Å². The average molecular weight is 204 g/mol. The van der Waals surface area contributed by atoms with Crippen LogP contribution >= 0.6 is 12.2 Å². The molecule has 0 fully saturated rings. The summed E-state index contributed by atoms with van der Waals surface area (Å²) in [5, 5.41) is 2.40. The third kappa shape index (κ3) is 2.35. The molecule has 0 unspecified atom stereocenters. The van der Waals surface area contributed by atoms with E-state index in [1.54, 1.807) is 0 Å². The molecule has 0 aliphatic heterocycles. The smallest absolute Gasteiger partial charge is 0.149 e. The highest BCUT2D eigenvalue weighted by atomic mass is 32.1. The Morgan fingerprint density at radius 3 is 2.58 bits per heavy atom. The number of benzene rings is 1. The first kappa shape index (κ1) is 9.28. The molecule has 0 saturated heterocycles. The lowest BCUT2D eigenvalue weighted by Gasteiger charge is -2.09. The Kier molecular flexibility index (Phi) is 2.88. The number of hydrogen-bond donors (Lipinski definition) is 1. The number of nitrogens with one attached hydrogen (secondary N) is 1. The first-order valence-corrected chi connectivity index (χ1v) is 3.84. The van der Waals surface area contributed by atoms with Gasteiger partial charge in [-0.2, -0.15) is 0 Å². The van der Waals surface area contributed by atoms with Crippen LogP contribution in [0.15, 0.2) is 18.2 Å². The Morgan fingerprint density at radius 2 is 2.08 bits per heavy atom. The summed E-state index contributed by atoms with van der Waals surface area (Å²) in [6.45, 7) is 0. The van der Waals surface area contributed by atoms with Gasteiger partial charge in [0.05, 0.1) is 5.69 Å². The minimum Gasteiger partial charge on any atom is -0.411 e. The summed E-state index contributed by atoms with van der Waals surface area (Å²) in [7, 11) is 0. The molecule has 0 aliphatic rings. The predicted molar refractivity (Wildman–Crippen MR) is 49.9 cm³/mol. The van der Waals surface area contributed by atoms with Crippen LogP contribution in [-0.4, -0.2) is 4.32 Å². The zero-order chi connectivity index (χ0) is 9.14. The largest absolute Gasteiger partial charge is 0.411 e. The Morgan fingerprint density at radius 1 is 1.42 bits per heavy atom. The number of thiocarbonyl (C=S) groups is 1. The molecule has 1 nitrogen and oxygen atoms in total. The molecule has 0 amide bonds. The Labute approximate surface area is 79.2 Å². The van der Waals surface area contributed by atoms with Crippen LogP contribution in [0.4, 0.5) is 14.5 Å². The number of hydrogen-bond acceptors (Lipinski definition) is 2. The summed E-state index contributed by atoms with van der Waals surface area (Å²) in [5.74, 6) is -1.34. The van der Waals surface area contributed by atoms with E-state index in [1.807, 2.05) is 0 Å². The van der Waals surface area contributed by atoms with Gasteiger partial charge in [0.2, 0.25) is 0 Å². The highest BCUT2D eigenvalue weighted by Gasteiger charge is 2.00. The van der Waals surface area contributed by atoms with Crippen LogP contribution in [0.2, 0.25) is 0 Å². The highest BCUT2D eigenvalue weighted by molar-refractivity contribution is 8.00. The quantitative estimate of drug-likeness (QED) is 0.556. The van der Waals surface area contributed by atoms with Gasteiger partial charge < -0.3 is 30.2 Å². The van der Waals surface area contributed by atoms with Crippen molar-refractivity contribution in [1.82, 2.24) is 0 Å². The lowest BCUT2D eigenvalue weighted by Crippen LogP contribution is -2.06. The fraction of sp³-hybridized carbons (Fsp3) is 0. The fourth-order valence-electron chi connectivity index (χ4n) is 0.701. The molecular weight excluding hydrogens is 200 g/mol. The molecule has 1 aromatic rings. The molecule has 1 N–H and O–H groups in total. The van der Waals surface area contributed by atoms with Crippen LogP contribution in [0.5, 0.6) is 0 Å². The molecule has 0 radical (unpaired) electrons. The van der Waals surface area contributed by atoms with E-state index in [1.165, 1.54) is 6.07 Å². The van der Waals surface area contributed by atoms with Crippen molar-refractivity contribution >= 4 is 34.9 Å². The van der Waals surface area contributed by atoms with Gasteiger partial charge in [-0.1, -0.05) is 4.32 Å². The standard InChI is InChI=1S/C7H5F2NS2/c8-4-1-2-6(5(9)3-4)10-7(11)12/h1-3H,(H2,10,11,12)/p-1. The van der Waals surface area contributed by atoms with Crippen molar-refractivity contribution in [2.75, 3.05) is 5.32 Å². The van der Waals surface area contributed by atoms with E-state index in [-0.39, 0.29) is 10.0 Å². The van der Waals surface area contributed by atoms with Crippen LogP contribution in [0.25, 0.3) is 0 Å². The molecule has 0 saturated carbocycles. The Hall–Kier alpha value is -0.810. The normalized spacial score (nSPS) is 9.50. The van der Waals surface area contributed by atoms with Crippen LogP contribution in [0, 0.1) is 11.6 Å². The molecule has 1 aromatic carbocycles. The molecule has 0 atom stereocenters. The summed E-state index contributed by atoms with van der Waals surface area (Å²) in [6, 6.07) is 3.12. The summed E-state index contributed by atoms with van der Waals surface area (Å²) in [5.41, 5.74) is 0.0939. The van der Waals surface area contributed by atoms with Crippen LogP contribution < -0.4 is 5.32 Å². The zero-order valence-electron chi connectivity index (χ0n) is 5.80. The van der Waals surface area contributed by atoms with Crippen molar-refractivity contribution in [3.05, 3.63) is 29.8 Å². The van der Waals surface area contributed by atoms with Crippen LogP contribution in [0.3, 0.4) is 0 Å². The second-order valence-corrected chi connectivity index (χ2v) is 3.11. The van der Waals surface area contributed by atoms with E-state index in [9.17, 15) is 8.78 Å². The van der Waals surface area contributed by atoms with Crippen LogP contribution in [0.1, 0.15) is 0 Å². The first-order chi connectivity index (χ1) is 5.59. The van der Waals surface area contributed by atoms with Crippen molar-refractivity contribution in [2.24, 2.45) is 0 Å². The molecular formula is C7H4F2NS2-. The van der Waals surface area contributed by atoms with E-state index < -0.39 is 11.6 Å². The SMILES string of the molecule is Fc1ccc(NC(=S)[S-])c(F)c1. The Bertz CT molecular complexity index is 314. The van der Waals surface area contributed by atoms with Crippen molar-refractivity contribution in [3.63, 3.8) is 0 Å². The summed E-state index contributed by atoms with van der Waals surface area (Å²) < 4.78 is 25.2. The first-order valence-electron chi connectivity index (χ1n) is 3.02. The van der Waals surface area contributed by atoms with Gasteiger partial charge in [-0.15, -0.1) is 0 Å². The van der Waals surface area contributed by atoms with E-state index in [0.717, 1.165) is 12.1 Å². The predicted octanol–water partition coefficient (Wildman–Crippen LogP) is 2.21. The minimum atomic E-state index is -0.706. The van der Waals surface area contributed by atoms with Gasteiger partial charge in [0.25, 0.3) is 0 Å². The summed E-state index contributed by atoms with van der Waals surface area (Å²) in [4.78, 5) is 0. The molecule has 12 heavy (non-hydrogen) atoms. The maximum atomic E-state index is 12.8. The van der Waals surface area contributed by atoms with Crippen molar-refractivity contribution in [3.8, 4) is 0 Å². The second kappa shape index (κ2) is 3.73. The van der Waals surface area contributed by atoms with Crippen LogP contribution in [-0.2, 0) is 12.6 Å². The van der Waals surface area contributed by atoms with Crippen molar-refractivity contribution in [1.29, 1.82) is 0 Å². The van der Waals surface area contributed by atoms with E-state index >= 15 is 0 Å². The third-order valence-corrected chi connectivity index (χ3v) is 1.37. The van der Waals surface area contributed by atoms with E-state index in [0.29, 0.717) is 0 Å². The topological polar surface area (TPSA) is 12.0 Å². The molecule has 0 bridgehead atoms. The second-order valence-electron chi connectivity index (χ2n) is 2.04. The zero-order valence-corrected chi connectivity index (χ0v) is 7.44. The highest BCUT2D eigenvalue weighted by Crippen LogP contribution is 2.14. The van der Waals surface area contributed by atoms with Gasteiger partial charge in [-0.25, -0.2) is 8.78 Å². The number of rotatable bonds is 1. The van der Waals surface area contributed by atoms with Crippen molar-refractivity contribution < 1.29 is 8.78 Å². The lowest BCUT2D eigenvalue weighted by atomic mass is 10.3. The summed E-state index contributed by atoms with van der Waals surface area (Å²) in [6.07, 6.45) is 0. The number of anilines is 1. The van der Waals surface area contributed by atoms with Gasteiger partial charge in [0.1, 0.15) is 11.6 Å². The lowest BCUT2D eigenvalue weighted by molar-refractivity contribution is 0.586. The molecule has 64 valence electrons. The molecule has 0 heterocycles. The maximum absolute atomic E-state index is 12.8. The molecule has 1 rings (SSSR count). The molecule has 0 spiro atoms. The molecule has 0 aromatic heterocycles. The fourth-order valence-corrected chi connectivity index (χ4v) is 0.921. The monoisotopic (exact) mass is 204 g/mol. The van der Waals surface area contributed by atoms with E-state index in [2.05, 4.69) is 30.2 Å². The van der Waals surface area contributed by atoms with Gasteiger partial charge >= 0.3 is 0 Å². The third-order valence-electron chi connectivity index (χ3n) is 1.17. The van der Waals surface area contributed by atoms with Gasteiger partial charge in [-0.3, -0.25) is 0 Å². The minimum absolute atomic E-state index is 0.0282. The number of halogens is 2. The van der Waals surface area contributed by atoms with Gasteiger partial charge in [-0.05, 0) is 12.1 Å². The van der Waals surface area contributed by atoms with E-state index in [4.69, 9.17) is 0 Å². The summed E-state index contributed by atoms with van der Waals surface area (Å²) >= 11 is 9.03. The Balaban J connectivity index is 2.93. The molecule has 5 heteroatoms. The maximum Gasteiger partial charge on any atom is 0.149 e. The average Bonchev–Trinajstić information content (AvgIpc) is 1.94.